The SMILES string of the molecule is c1cnn(-c2cnc(OCC3CCCNC3)cn2)c1. The van der Waals surface area contributed by atoms with Gasteiger partial charge in [0.25, 0.3) is 0 Å². The molecular formula is C13H17N5O. The van der Waals surface area contributed by atoms with Crippen LogP contribution in [0.5, 0.6) is 5.88 Å². The van der Waals surface area contributed by atoms with Gasteiger partial charge in [0, 0.05) is 24.9 Å². The van der Waals surface area contributed by atoms with Crippen molar-refractivity contribution in [2.45, 2.75) is 12.8 Å². The summed E-state index contributed by atoms with van der Waals surface area (Å²) in [5, 5.41) is 7.47. The van der Waals surface area contributed by atoms with E-state index in [9.17, 15) is 0 Å². The molecule has 0 bridgehead atoms. The van der Waals surface area contributed by atoms with Gasteiger partial charge in [0.1, 0.15) is 0 Å². The van der Waals surface area contributed by atoms with Gasteiger partial charge in [-0.1, -0.05) is 0 Å². The monoisotopic (exact) mass is 259 g/mol. The number of piperidine rings is 1. The molecule has 0 saturated carbocycles. The highest BCUT2D eigenvalue weighted by Crippen LogP contribution is 2.13. The van der Waals surface area contributed by atoms with Gasteiger partial charge in [-0.05, 0) is 25.5 Å². The van der Waals surface area contributed by atoms with Gasteiger partial charge in [0.2, 0.25) is 5.88 Å². The van der Waals surface area contributed by atoms with E-state index in [0.717, 1.165) is 13.1 Å². The lowest BCUT2D eigenvalue weighted by atomic mass is 10.0. The van der Waals surface area contributed by atoms with Crippen LogP contribution in [0.3, 0.4) is 0 Å². The zero-order valence-electron chi connectivity index (χ0n) is 10.7. The summed E-state index contributed by atoms with van der Waals surface area (Å²) in [6.45, 7) is 2.84. The lowest BCUT2D eigenvalue weighted by molar-refractivity contribution is 0.211. The summed E-state index contributed by atoms with van der Waals surface area (Å²) in [5.74, 6) is 1.83. The van der Waals surface area contributed by atoms with Crippen LogP contribution in [0.15, 0.2) is 30.9 Å². The summed E-state index contributed by atoms with van der Waals surface area (Å²) in [4.78, 5) is 8.54. The second-order valence-electron chi connectivity index (χ2n) is 4.69. The summed E-state index contributed by atoms with van der Waals surface area (Å²) in [6.07, 6.45) is 9.29. The molecule has 0 aromatic carbocycles. The van der Waals surface area contributed by atoms with Gasteiger partial charge < -0.3 is 10.1 Å². The molecule has 0 radical (unpaired) electrons. The Bertz CT molecular complexity index is 490. The summed E-state index contributed by atoms with van der Waals surface area (Å²) in [6, 6.07) is 1.85. The molecule has 0 amide bonds. The van der Waals surface area contributed by atoms with Crippen LogP contribution < -0.4 is 10.1 Å². The molecule has 1 unspecified atom stereocenters. The Morgan fingerprint density at radius 3 is 3.05 bits per heavy atom. The van der Waals surface area contributed by atoms with Crippen molar-refractivity contribution in [1.82, 2.24) is 25.1 Å². The number of rotatable bonds is 4. The second kappa shape index (κ2) is 5.79. The molecule has 0 spiro atoms. The van der Waals surface area contributed by atoms with E-state index >= 15 is 0 Å². The molecule has 1 atom stereocenters. The predicted molar refractivity (Wildman–Crippen MR) is 70.2 cm³/mol. The van der Waals surface area contributed by atoms with Crippen molar-refractivity contribution < 1.29 is 4.74 Å². The minimum atomic E-state index is 0.571. The van der Waals surface area contributed by atoms with Crippen LogP contribution in [-0.4, -0.2) is 39.4 Å². The van der Waals surface area contributed by atoms with E-state index in [1.807, 2.05) is 12.3 Å². The molecule has 1 saturated heterocycles. The molecule has 0 aliphatic carbocycles. The number of nitrogens with zero attached hydrogens (tertiary/aromatic N) is 4. The molecule has 3 heterocycles. The third-order valence-corrected chi connectivity index (χ3v) is 3.22. The van der Waals surface area contributed by atoms with E-state index in [4.69, 9.17) is 4.74 Å². The number of aromatic nitrogens is 4. The van der Waals surface area contributed by atoms with Crippen LogP contribution in [0, 0.1) is 5.92 Å². The van der Waals surface area contributed by atoms with Gasteiger partial charge in [0.05, 0.1) is 19.0 Å². The van der Waals surface area contributed by atoms with Crippen molar-refractivity contribution in [1.29, 1.82) is 0 Å². The highest BCUT2D eigenvalue weighted by atomic mass is 16.5. The van der Waals surface area contributed by atoms with E-state index < -0.39 is 0 Å². The standard InChI is InChI=1S/C13H17N5O/c1-3-11(7-14-4-1)10-19-13-9-15-12(8-16-13)18-6-2-5-17-18/h2,5-6,8-9,11,14H,1,3-4,7,10H2. The zero-order chi connectivity index (χ0) is 12.9. The first-order chi connectivity index (χ1) is 9.42. The van der Waals surface area contributed by atoms with Gasteiger partial charge in [-0.2, -0.15) is 5.10 Å². The van der Waals surface area contributed by atoms with Crippen molar-refractivity contribution in [2.24, 2.45) is 5.92 Å². The lowest BCUT2D eigenvalue weighted by Crippen LogP contribution is -2.33. The Balaban J connectivity index is 1.57. The largest absolute Gasteiger partial charge is 0.476 e. The molecular weight excluding hydrogens is 242 g/mol. The summed E-state index contributed by atoms with van der Waals surface area (Å²) in [7, 11) is 0. The number of hydrogen-bond donors (Lipinski definition) is 1. The van der Waals surface area contributed by atoms with E-state index in [1.54, 1.807) is 23.3 Å². The fourth-order valence-electron chi connectivity index (χ4n) is 2.18. The predicted octanol–water partition coefficient (Wildman–Crippen LogP) is 1.04. The first-order valence-corrected chi connectivity index (χ1v) is 6.57. The van der Waals surface area contributed by atoms with Crippen molar-refractivity contribution in [3.05, 3.63) is 30.9 Å². The van der Waals surface area contributed by atoms with Gasteiger partial charge in [-0.15, -0.1) is 0 Å². The van der Waals surface area contributed by atoms with Gasteiger partial charge in [-0.3, -0.25) is 0 Å². The minimum Gasteiger partial charge on any atom is -0.476 e. The fraction of sp³-hybridized carbons (Fsp3) is 0.462. The first-order valence-electron chi connectivity index (χ1n) is 6.57. The molecule has 6 heteroatoms. The van der Waals surface area contributed by atoms with Crippen molar-refractivity contribution in [2.75, 3.05) is 19.7 Å². The lowest BCUT2D eigenvalue weighted by Gasteiger charge is -2.22. The van der Waals surface area contributed by atoms with Gasteiger partial charge in [0.15, 0.2) is 5.82 Å². The van der Waals surface area contributed by atoms with Crippen molar-refractivity contribution >= 4 is 0 Å². The van der Waals surface area contributed by atoms with E-state index in [-0.39, 0.29) is 0 Å². The average molecular weight is 259 g/mol. The molecule has 3 rings (SSSR count). The van der Waals surface area contributed by atoms with Gasteiger partial charge in [-0.25, -0.2) is 14.6 Å². The molecule has 2 aromatic rings. The van der Waals surface area contributed by atoms with E-state index in [0.29, 0.717) is 24.2 Å². The van der Waals surface area contributed by atoms with Crippen LogP contribution in [0.2, 0.25) is 0 Å². The minimum absolute atomic E-state index is 0.571. The number of ether oxygens (including phenoxy) is 1. The molecule has 1 aliphatic heterocycles. The number of hydrogen-bond acceptors (Lipinski definition) is 5. The Morgan fingerprint density at radius 1 is 1.37 bits per heavy atom. The summed E-state index contributed by atoms with van der Waals surface area (Å²) < 4.78 is 7.34. The van der Waals surface area contributed by atoms with E-state index in [1.165, 1.54) is 12.8 Å². The maximum atomic E-state index is 5.67. The zero-order valence-corrected chi connectivity index (χ0v) is 10.7. The first kappa shape index (κ1) is 12.1. The second-order valence-corrected chi connectivity index (χ2v) is 4.69. The Hall–Kier alpha value is -1.95. The molecule has 1 fully saturated rings. The van der Waals surface area contributed by atoms with Crippen LogP contribution in [0.1, 0.15) is 12.8 Å². The van der Waals surface area contributed by atoms with Gasteiger partial charge >= 0.3 is 0 Å². The Morgan fingerprint density at radius 2 is 2.37 bits per heavy atom. The quantitative estimate of drug-likeness (QED) is 0.888. The molecule has 1 aliphatic rings. The van der Waals surface area contributed by atoms with Crippen LogP contribution in [0.4, 0.5) is 0 Å². The Kier molecular flexibility index (Phi) is 3.69. The third-order valence-electron chi connectivity index (χ3n) is 3.22. The molecule has 19 heavy (non-hydrogen) atoms. The van der Waals surface area contributed by atoms with Crippen molar-refractivity contribution in [3.8, 4) is 11.7 Å². The summed E-state index contributed by atoms with van der Waals surface area (Å²) >= 11 is 0. The van der Waals surface area contributed by atoms with Crippen LogP contribution >= 0.6 is 0 Å². The smallest absolute Gasteiger partial charge is 0.232 e. The fourth-order valence-corrected chi connectivity index (χ4v) is 2.18. The van der Waals surface area contributed by atoms with Crippen LogP contribution in [-0.2, 0) is 0 Å². The third kappa shape index (κ3) is 3.08. The maximum Gasteiger partial charge on any atom is 0.232 e. The molecule has 100 valence electrons. The number of nitrogens with one attached hydrogen (secondary N) is 1. The average Bonchev–Trinajstić information content (AvgIpc) is 3.01. The highest BCUT2D eigenvalue weighted by molar-refractivity contribution is 5.19. The van der Waals surface area contributed by atoms with Crippen molar-refractivity contribution in [3.63, 3.8) is 0 Å². The maximum absolute atomic E-state index is 5.67. The molecule has 6 nitrogen and oxygen atoms in total. The molecule has 1 N–H and O–H groups in total. The summed E-state index contributed by atoms with van der Waals surface area (Å²) in [5.41, 5.74) is 0. The Labute approximate surface area is 111 Å². The topological polar surface area (TPSA) is 64.9 Å². The molecule has 2 aromatic heterocycles. The normalized spacial score (nSPS) is 19.3. The van der Waals surface area contributed by atoms with Crippen LogP contribution in [0.25, 0.3) is 5.82 Å². The highest BCUT2D eigenvalue weighted by Gasteiger charge is 2.13. The van der Waals surface area contributed by atoms with E-state index in [2.05, 4.69) is 20.4 Å².